The van der Waals surface area contributed by atoms with E-state index in [1.165, 1.54) is 3.96 Å². The Morgan fingerprint density at radius 3 is 2.38 bits per heavy atom. The second-order valence-corrected chi connectivity index (χ2v) is 7.44. The summed E-state index contributed by atoms with van der Waals surface area (Å²) < 4.78 is 1.97. The predicted molar refractivity (Wildman–Crippen MR) is 107 cm³/mol. The smallest absolute Gasteiger partial charge is 0.342 e. The van der Waals surface area contributed by atoms with Gasteiger partial charge in [0.2, 0.25) is 0 Å². The maximum absolute atomic E-state index is 12.5. The summed E-state index contributed by atoms with van der Waals surface area (Å²) in [5.41, 5.74) is 1.55. The number of fused-ring (bicyclic) bond motifs is 1. The average Bonchev–Trinajstić information content (AvgIpc) is 3.00. The number of benzene rings is 2. The molecular formula is C19H20N4O2S. The first-order valence-electron chi connectivity index (χ1n) is 8.58. The summed E-state index contributed by atoms with van der Waals surface area (Å²) >= 11 is 1.16. The molecule has 1 N–H and O–H groups in total. The lowest BCUT2D eigenvalue weighted by Gasteiger charge is -2.34. The van der Waals surface area contributed by atoms with E-state index in [2.05, 4.69) is 22.2 Å². The lowest BCUT2D eigenvalue weighted by molar-refractivity contribution is 0.255. The van der Waals surface area contributed by atoms with Crippen molar-refractivity contribution >= 4 is 39.0 Å². The van der Waals surface area contributed by atoms with E-state index in [1.807, 2.05) is 36.4 Å². The van der Waals surface area contributed by atoms with Crippen LogP contribution in [0.5, 0.6) is 0 Å². The number of carbonyl (C=O) groups is 1. The molecule has 1 aliphatic heterocycles. The fourth-order valence-electron chi connectivity index (χ4n) is 3.10. The van der Waals surface area contributed by atoms with Gasteiger partial charge in [-0.25, -0.2) is 4.79 Å². The van der Waals surface area contributed by atoms with E-state index in [4.69, 9.17) is 0 Å². The van der Waals surface area contributed by atoms with Crippen molar-refractivity contribution in [1.82, 2.24) is 8.86 Å². The van der Waals surface area contributed by atoms with Gasteiger partial charge < -0.3 is 15.1 Å². The van der Waals surface area contributed by atoms with Crippen molar-refractivity contribution in [3.63, 3.8) is 0 Å². The number of hydrogen-bond donors (Lipinski definition) is 1. The fraction of sp³-hybridized carbons (Fsp3) is 0.263. The Morgan fingerprint density at radius 2 is 1.69 bits per heavy atom. The number of rotatable bonds is 2. The first kappa shape index (κ1) is 16.8. The van der Waals surface area contributed by atoms with Gasteiger partial charge in [0, 0.05) is 37.6 Å². The van der Waals surface area contributed by atoms with Crippen molar-refractivity contribution in [2.75, 3.05) is 43.4 Å². The molecule has 1 fully saturated rings. The fourth-order valence-corrected chi connectivity index (χ4v) is 4.00. The van der Waals surface area contributed by atoms with Crippen LogP contribution in [0.2, 0.25) is 0 Å². The summed E-state index contributed by atoms with van der Waals surface area (Å²) in [5, 5.41) is 3.37. The number of amides is 1. The monoisotopic (exact) mass is 368 g/mol. The van der Waals surface area contributed by atoms with E-state index in [1.54, 1.807) is 12.1 Å². The molecule has 134 valence electrons. The lowest BCUT2D eigenvalue weighted by atomic mass is 10.2. The Kier molecular flexibility index (Phi) is 4.48. The number of nitrogens with zero attached hydrogens (tertiary/aromatic N) is 3. The minimum absolute atomic E-state index is 0.280. The zero-order valence-electron chi connectivity index (χ0n) is 14.5. The minimum Gasteiger partial charge on any atom is -0.369 e. The van der Waals surface area contributed by atoms with Crippen LogP contribution in [-0.4, -0.2) is 48.1 Å². The first-order valence-corrected chi connectivity index (χ1v) is 9.35. The molecule has 26 heavy (non-hydrogen) atoms. The molecule has 0 unspecified atom stereocenters. The second kappa shape index (κ2) is 6.93. The van der Waals surface area contributed by atoms with Gasteiger partial charge in [0.1, 0.15) is 0 Å². The highest BCUT2D eigenvalue weighted by atomic mass is 32.1. The second-order valence-electron chi connectivity index (χ2n) is 6.45. The van der Waals surface area contributed by atoms with Gasteiger partial charge in [0.15, 0.2) is 0 Å². The molecule has 0 bridgehead atoms. The van der Waals surface area contributed by atoms with E-state index >= 15 is 0 Å². The molecular weight excluding hydrogens is 348 g/mol. The molecule has 2 aromatic carbocycles. The number of carbonyl (C=O) groups excluding carboxylic acids is 1. The van der Waals surface area contributed by atoms with E-state index in [0.717, 1.165) is 48.1 Å². The zero-order valence-corrected chi connectivity index (χ0v) is 15.3. The quantitative estimate of drug-likeness (QED) is 0.756. The maximum Gasteiger partial charge on any atom is 0.342 e. The van der Waals surface area contributed by atoms with Crippen LogP contribution in [0, 0.1) is 0 Å². The van der Waals surface area contributed by atoms with Crippen molar-refractivity contribution < 1.29 is 4.79 Å². The normalized spacial score (nSPS) is 15.3. The van der Waals surface area contributed by atoms with Crippen molar-refractivity contribution in [3.05, 3.63) is 58.9 Å². The SMILES string of the molecule is CN1CCN(c2ccc(NC(=O)n3sc4ccccc4c3=O)cc2)CC1. The number of likely N-dealkylation sites (N-methyl/N-ethyl adjacent to an activating group) is 1. The van der Waals surface area contributed by atoms with Gasteiger partial charge in [-0.1, -0.05) is 12.1 Å². The van der Waals surface area contributed by atoms with Crippen LogP contribution < -0.4 is 15.8 Å². The van der Waals surface area contributed by atoms with Crippen LogP contribution in [0.25, 0.3) is 10.1 Å². The predicted octanol–water partition coefficient (Wildman–Crippen LogP) is 2.90. The van der Waals surface area contributed by atoms with Crippen molar-refractivity contribution in [1.29, 1.82) is 0 Å². The lowest BCUT2D eigenvalue weighted by Crippen LogP contribution is -2.44. The van der Waals surface area contributed by atoms with Crippen LogP contribution >= 0.6 is 11.5 Å². The zero-order chi connectivity index (χ0) is 18.1. The third-order valence-electron chi connectivity index (χ3n) is 4.66. The maximum atomic E-state index is 12.5. The Labute approximate surface area is 155 Å². The molecule has 2 heterocycles. The largest absolute Gasteiger partial charge is 0.369 e. The Morgan fingerprint density at radius 1 is 1.00 bits per heavy atom. The molecule has 0 atom stereocenters. The molecule has 6 nitrogen and oxygen atoms in total. The van der Waals surface area contributed by atoms with Gasteiger partial charge in [0.25, 0.3) is 5.56 Å². The highest BCUT2D eigenvalue weighted by molar-refractivity contribution is 7.14. The van der Waals surface area contributed by atoms with Gasteiger partial charge in [-0.2, -0.15) is 3.96 Å². The molecule has 4 rings (SSSR count). The third kappa shape index (κ3) is 3.23. The molecule has 0 aliphatic carbocycles. The van der Waals surface area contributed by atoms with Crippen LogP contribution in [0.3, 0.4) is 0 Å². The molecule has 7 heteroatoms. The standard InChI is InChI=1S/C19H20N4O2S/c1-21-10-12-22(13-11-21)15-8-6-14(7-9-15)20-19(25)23-18(24)16-4-2-3-5-17(16)26-23/h2-9H,10-13H2,1H3,(H,20,25). The molecule has 3 aromatic rings. The van der Waals surface area contributed by atoms with E-state index < -0.39 is 6.03 Å². The third-order valence-corrected chi connectivity index (χ3v) is 5.73. The van der Waals surface area contributed by atoms with Gasteiger partial charge in [-0.3, -0.25) is 4.79 Å². The van der Waals surface area contributed by atoms with E-state index in [9.17, 15) is 9.59 Å². The van der Waals surface area contributed by atoms with Crippen molar-refractivity contribution in [2.45, 2.75) is 0 Å². The summed E-state index contributed by atoms with van der Waals surface area (Å²) in [6.07, 6.45) is 0. The van der Waals surface area contributed by atoms with Crippen LogP contribution in [0.1, 0.15) is 0 Å². The number of piperazine rings is 1. The van der Waals surface area contributed by atoms with Crippen molar-refractivity contribution in [3.8, 4) is 0 Å². The molecule has 0 saturated carbocycles. The molecule has 1 amide bonds. The van der Waals surface area contributed by atoms with Gasteiger partial charge in [0.05, 0.1) is 10.1 Å². The Hall–Kier alpha value is -2.64. The first-order chi connectivity index (χ1) is 12.6. The minimum atomic E-state index is -0.427. The summed E-state index contributed by atoms with van der Waals surface area (Å²) in [6, 6.07) is 14.6. The molecule has 0 spiro atoms. The molecule has 0 radical (unpaired) electrons. The van der Waals surface area contributed by atoms with Gasteiger partial charge in [-0.05, 0) is 55.0 Å². The Balaban J connectivity index is 1.49. The summed E-state index contributed by atoms with van der Waals surface area (Å²) in [5.74, 6) is 0. The number of nitrogens with one attached hydrogen (secondary N) is 1. The summed E-state index contributed by atoms with van der Waals surface area (Å²) in [4.78, 5) is 29.5. The molecule has 1 aromatic heterocycles. The summed E-state index contributed by atoms with van der Waals surface area (Å²) in [6.45, 7) is 4.10. The van der Waals surface area contributed by atoms with E-state index in [-0.39, 0.29) is 5.56 Å². The van der Waals surface area contributed by atoms with Crippen molar-refractivity contribution in [2.24, 2.45) is 0 Å². The Bertz CT molecular complexity index is 985. The molecule has 1 saturated heterocycles. The topological polar surface area (TPSA) is 57.6 Å². The van der Waals surface area contributed by atoms with Gasteiger partial charge in [-0.15, -0.1) is 0 Å². The number of anilines is 2. The highest BCUT2D eigenvalue weighted by Gasteiger charge is 2.16. The summed E-state index contributed by atoms with van der Waals surface area (Å²) in [7, 11) is 2.13. The van der Waals surface area contributed by atoms with Crippen LogP contribution in [-0.2, 0) is 0 Å². The number of hydrogen-bond acceptors (Lipinski definition) is 5. The average molecular weight is 368 g/mol. The highest BCUT2D eigenvalue weighted by Crippen LogP contribution is 2.20. The van der Waals surface area contributed by atoms with Crippen LogP contribution in [0.4, 0.5) is 16.2 Å². The van der Waals surface area contributed by atoms with Crippen LogP contribution in [0.15, 0.2) is 53.3 Å². The van der Waals surface area contributed by atoms with E-state index in [0.29, 0.717) is 11.1 Å². The van der Waals surface area contributed by atoms with Gasteiger partial charge >= 0.3 is 6.03 Å². The molecule has 1 aliphatic rings. The number of aromatic nitrogens is 1.